The standard InChI is InChI=1S/C19H19N5/c1-14(13-24(2)15-8-4-3-5-9-15)21-19-16-10-6-7-11-17(16)22-23-18(19)12-20/h3-11,14H,13H2,1-2H3,(H,21,22). The number of para-hydroxylation sites is 1. The Bertz CT molecular complexity index is 870. The number of anilines is 2. The molecular weight excluding hydrogens is 298 g/mol. The van der Waals surface area contributed by atoms with E-state index >= 15 is 0 Å². The molecule has 5 nitrogen and oxygen atoms in total. The average molecular weight is 317 g/mol. The molecule has 3 aromatic rings. The smallest absolute Gasteiger partial charge is 0.186 e. The van der Waals surface area contributed by atoms with Crippen LogP contribution < -0.4 is 10.2 Å². The van der Waals surface area contributed by atoms with Gasteiger partial charge in [-0.3, -0.25) is 0 Å². The Morgan fingerprint density at radius 3 is 2.54 bits per heavy atom. The lowest BCUT2D eigenvalue weighted by Crippen LogP contribution is -2.32. The summed E-state index contributed by atoms with van der Waals surface area (Å²) < 4.78 is 0. The molecule has 120 valence electrons. The summed E-state index contributed by atoms with van der Waals surface area (Å²) >= 11 is 0. The van der Waals surface area contributed by atoms with Crippen LogP contribution in [0.25, 0.3) is 10.9 Å². The molecule has 24 heavy (non-hydrogen) atoms. The first-order valence-corrected chi connectivity index (χ1v) is 7.87. The van der Waals surface area contributed by atoms with E-state index in [1.165, 1.54) is 0 Å². The molecule has 0 amide bonds. The fraction of sp³-hybridized carbons (Fsp3) is 0.211. The van der Waals surface area contributed by atoms with Gasteiger partial charge in [-0.2, -0.15) is 5.26 Å². The number of aromatic nitrogens is 2. The molecule has 0 saturated carbocycles. The maximum atomic E-state index is 9.35. The number of nitrogens with one attached hydrogen (secondary N) is 1. The summed E-state index contributed by atoms with van der Waals surface area (Å²) in [4.78, 5) is 2.18. The molecule has 0 bridgehead atoms. The van der Waals surface area contributed by atoms with Crippen LogP contribution in [0, 0.1) is 11.3 Å². The molecule has 2 aromatic carbocycles. The zero-order valence-electron chi connectivity index (χ0n) is 13.8. The third-order valence-electron chi connectivity index (χ3n) is 3.91. The molecule has 1 heterocycles. The maximum Gasteiger partial charge on any atom is 0.186 e. The summed E-state index contributed by atoms with van der Waals surface area (Å²) in [7, 11) is 2.06. The van der Waals surface area contributed by atoms with E-state index in [4.69, 9.17) is 0 Å². The van der Waals surface area contributed by atoms with Crippen LogP contribution in [0.1, 0.15) is 12.6 Å². The van der Waals surface area contributed by atoms with Crippen LogP contribution in [0.15, 0.2) is 54.6 Å². The van der Waals surface area contributed by atoms with Gasteiger partial charge in [0.25, 0.3) is 0 Å². The molecule has 1 N–H and O–H groups in total. The quantitative estimate of drug-likeness (QED) is 0.781. The van der Waals surface area contributed by atoms with Crippen LogP contribution in [0.2, 0.25) is 0 Å². The van der Waals surface area contributed by atoms with E-state index in [1.54, 1.807) is 0 Å². The fourth-order valence-corrected chi connectivity index (χ4v) is 2.77. The highest BCUT2D eigenvalue weighted by Gasteiger charge is 2.14. The highest BCUT2D eigenvalue weighted by molar-refractivity contribution is 5.92. The minimum atomic E-state index is 0.134. The van der Waals surface area contributed by atoms with Crippen molar-refractivity contribution in [1.82, 2.24) is 10.2 Å². The molecule has 1 aromatic heterocycles. The maximum absolute atomic E-state index is 9.35. The molecule has 0 spiro atoms. The predicted octanol–water partition coefficient (Wildman–Crippen LogP) is 3.44. The number of fused-ring (bicyclic) bond motifs is 1. The molecule has 0 aliphatic carbocycles. The third-order valence-corrected chi connectivity index (χ3v) is 3.91. The van der Waals surface area contributed by atoms with E-state index in [-0.39, 0.29) is 6.04 Å². The monoisotopic (exact) mass is 317 g/mol. The van der Waals surface area contributed by atoms with Crippen molar-refractivity contribution in [3.8, 4) is 6.07 Å². The Hall–Kier alpha value is -3.13. The average Bonchev–Trinajstić information content (AvgIpc) is 2.62. The van der Waals surface area contributed by atoms with Gasteiger partial charge in [0.05, 0.1) is 11.2 Å². The Kier molecular flexibility index (Phi) is 4.57. The summed E-state index contributed by atoms with van der Waals surface area (Å²) in [6, 6.07) is 20.2. The summed E-state index contributed by atoms with van der Waals surface area (Å²) in [6.45, 7) is 2.89. The Morgan fingerprint density at radius 1 is 1.08 bits per heavy atom. The number of nitrogens with zero attached hydrogens (tertiary/aromatic N) is 4. The largest absolute Gasteiger partial charge is 0.378 e. The second-order valence-corrected chi connectivity index (χ2v) is 5.81. The molecule has 0 fully saturated rings. The Balaban J connectivity index is 1.83. The molecule has 5 heteroatoms. The molecule has 1 atom stereocenters. The molecule has 1 unspecified atom stereocenters. The van der Waals surface area contributed by atoms with Crippen LogP contribution in [-0.2, 0) is 0 Å². The van der Waals surface area contributed by atoms with Gasteiger partial charge in [-0.15, -0.1) is 10.2 Å². The van der Waals surface area contributed by atoms with Crippen molar-refractivity contribution < 1.29 is 0 Å². The van der Waals surface area contributed by atoms with Crippen molar-refractivity contribution in [3.63, 3.8) is 0 Å². The van der Waals surface area contributed by atoms with Crippen molar-refractivity contribution >= 4 is 22.3 Å². The molecular formula is C19H19N5. The molecule has 0 radical (unpaired) electrons. The zero-order valence-corrected chi connectivity index (χ0v) is 13.8. The van der Waals surface area contributed by atoms with Crippen molar-refractivity contribution in [2.45, 2.75) is 13.0 Å². The van der Waals surface area contributed by atoms with Gasteiger partial charge in [0.2, 0.25) is 0 Å². The van der Waals surface area contributed by atoms with Gasteiger partial charge in [-0.25, -0.2) is 0 Å². The Labute approximate surface area is 141 Å². The number of likely N-dealkylation sites (N-methyl/N-ethyl adjacent to an activating group) is 1. The second kappa shape index (κ2) is 6.97. The van der Waals surface area contributed by atoms with Gasteiger partial charge in [0, 0.05) is 30.7 Å². The highest BCUT2D eigenvalue weighted by Crippen LogP contribution is 2.24. The van der Waals surface area contributed by atoms with E-state index in [0.29, 0.717) is 5.69 Å². The van der Waals surface area contributed by atoms with Gasteiger partial charge in [-0.05, 0) is 25.1 Å². The minimum Gasteiger partial charge on any atom is -0.378 e. The summed E-state index contributed by atoms with van der Waals surface area (Å²) in [5, 5.41) is 21.8. The fourth-order valence-electron chi connectivity index (χ4n) is 2.77. The van der Waals surface area contributed by atoms with Crippen LogP contribution >= 0.6 is 0 Å². The summed E-state index contributed by atoms with van der Waals surface area (Å²) in [5.41, 5.74) is 3.01. The van der Waals surface area contributed by atoms with Crippen LogP contribution in [-0.4, -0.2) is 29.8 Å². The second-order valence-electron chi connectivity index (χ2n) is 5.81. The number of benzene rings is 2. The van der Waals surface area contributed by atoms with Crippen LogP contribution in [0.4, 0.5) is 11.4 Å². The van der Waals surface area contributed by atoms with E-state index in [2.05, 4.69) is 52.6 Å². The molecule has 0 saturated heterocycles. The van der Waals surface area contributed by atoms with Crippen molar-refractivity contribution in [1.29, 1.82) is 5.26 Å². The molecule has 0 aliphatic heterocycles. The first-order chi connectivity index (χ1) is 11.7. The summed E-state index contributed by atoms with van der Waals surface area (Å²) in [5.74, 6) is 0. The first kappa shape index (κ1) is 15.8. The minimum absolute atomic E-state index is 0.134. The molecule has 0 aliphatic rings. The van der Waals surface area contributed by atoms with E-state index < -0.39 is 0 Å². The Morgan fingerprint density at radius 2 is 1.79 bits per heavy atom. The zero-order chi connectivity index (χ0) is 16.9. The third kappa shape index (κ3) is 3.28. The van der Waals surface area contributed by atoms with Crippen LogP contribution in [0.3, 0.4) is 0 Å². The number of hydrogen-bond acceptors (Lipinski definition) is 5. The number of nitriles is 1. The normalized spacial score (nSPS) is 11.7. The SMILES string of the molecule is CC(CN(C)c1ccccc1)Nc1c(C#N)nnc2ccccc12. The van der Waals surface area contributed by atoms with Gasteiger partial charge in [0.1, 0.15) is 6.07 Å². The van der Waals surface area contributed by atoms with Crippen LogP contribution in [0.5, 0.6) is 0 Å². The van der Waals surface area contributed by atoms with Gasteiger partial charge < -0.3 is 10.2 Å². The number of hydrogen-bond donors (Lipinski definition) is 1. The predicted molar refractivity (Wildman–Crippen MR) is 97.0 cm³/mol. The highest BCUT2D eigenvalue weighted by atomic mass is 15.1. The van der Waals surface area contributed by atoms with Gasteiger partial charge in [0.15, 0.2) is 5.69 Å². The topological polar surface area (TPSA) is 64.8 Å². The van der Waals surface area contributed by atoms with Gasteiger partial charge >= 0.3 is 0 Å². The molecule has 3 rings (SSSR count). The lowest BCUT2D eigenvalue weighted by molar-refractivity contribution is 0.759. The van der Waals surface area contributed by atoms with E-state index in [0.717, 1.165) is 28.8 Å². The number of rotatable bonds is 5. The van der Waals surface area contributed by atoms with E-state index in [9.17, 15) is 5.26 Å². The lowest BCUT2D eigenvalue weighted by Gasteiger charge is -2.25. The first-order valence-electron chi connectivity index (χ1n) is 7.87. The lowest BCUT2D eigenvalue weighted by atomic mass is 10.1. The van der Waals surface area contributed by atoms with Crippen molar-refractivity contribution in [2.75, 3.05) is 23.8 Å². The van der Waals surface area contributed by atoms with E-state index in [1.807, 2.05) is 42.5 Å². The van der Waals surface area contributed by atoms with Crippen molar-refractivity contribution in [2.24, 2.45) is 0 Å². The summed E-state index contributed by atoms with van der Waals surface area (Å²) in [6.07, 6.45) is 0. The van der Waals surface area contributed by atoms with Gasteiger partial charge in [-0.1, -0.05) is 36.4 Å². The van der Waals surface area contributed by atoms with Crippen molar-refractivity contribution in [3.05, 3.63) is 60.3 Å².